The highest BCUT2D eigenvalue weighted by Gasteiger charge is 2.46. The summed E-state index contributed by atoms with van der Waals surface area (Å²) in [5, 5.41) is 4.34. The molecule has 33 heavy (non-hydrogen) atoms. The molecule has 0 atom stereocenters. The Labute approximate surface area is 200 Å². The third-order valence-electron chi connectivity index (χ3n) is 7.44. The molecule has 5 rings (SSSR count). The normalized spacial score (nSPS) is 16.4. The minimum Gasteiger partial charge on any atom is -0.0620 e. The van der Waals surface area contributed by atoms with Crippen molar-refractivity contribution in [2.45, 2.75) is 51.1 Å². The quantitative estimate of drug-likeness (QED) is 0.284. The summed E-state index contributed by atoms with van der Waals surface area (Å²) in [6, 6.07) is 41.0. The highest BCUT2D eigenvalue weighted by Crippen LogP contribution is 2.59. The molecule has 0 unspecified atom stereocenters. The molecular weight excluding hydrogens is 415 g/mol. The van der Waals surface area contributed by atoms with Crippen LogP contribution in [-0.4, -0.2) is 0 Å². The van der Waals surface area contributed by atoms with Crippen molar-refractivity contribution >= 4 is 23.2 Å². The lowest BCUT2D eigenvalue weighted by atomic mass is 9.82. The fraction of sp³-hybridized carbons (Fsp3) is 0.250. The molecule has 4 aromatic carbocycles. The standard InChI is InChI=1S/C32H34P/c1-31(2)24-32(3,4)30-22-25(20-21-29(30)31)23-33(26-14-8-5-9-15-26,27-16-10-6-11-17-27)28-18-12-7-13-19-28/h5-22H,23-24H2,1-4H3/q+1. The van der Waals surface area contributed by atoms with Crippen LogP contribution in [0.4, 0.5) is 0 Å². The predicted octanol–water partition coefficient (Wildman–Crippen LogP) is 7.14. The van der Waals surface area contributed by atoms with E-state index in [1.54, 1.807) is 0 Å². The summed E-state index contributed by atoms with van der Waals surface area (Å²) in [6.45, 7) is 9.63. The Morgan fingerprint density at radius 1 is 0.545 bits per heavy atom. The molecule has 1 heteroatoms. The Morgan fingerprint density at radius 2 is 0.970 bits per heavy atom. The molecular formula is C32H34P+. The van der Waals surface area contributed by atoms with Crippen LogP contribution in [0.3, 0.4) is 0 Å². The Morgan fingerprint density at radius 3 is 1.42 bits per heavy atom. The number of rotatable bonds is 5. The van der Waals surface area contributed by atoms with Crippen molar-refractivity contribution < 1.29 is 0 Å². The maximum absolute atomic E-state index is 2.54. The van der Waals surface area contributed by atoms with E-state index in [2.05, 4.69) is 137 Å². The van der Waals surface area contributed by atoms with Gasteiger partial charge in [-0.15, -0.1) is 0 Å². The van der Waals surface area contributed by atoms with Gasteiger partial charge in [0.1, 0.15) is 23.2 Å². The van der Waals surface area contributed by atoms with Crippen LogP contribution in [0.2, 0.25) is 0 Å². The fourth-order valence-electron chi connectivity index (χ4n) is 6.18. The Kier molecular flexibility index (Phi) is 5.54. The topological polar surface area (TPSA) is 0 Å². The minimum absolute atomic E-state index is 0.211. The number of hydrogen-bond acceptors (Lipinski definition) is 0. The van der Waals surface area contributed by atoms with E-state index in [1.165, 1.54) is 39.0 Å². The third-order valence-corrected chi connectivity index (χ3v) is 11.8. The van der Waals surface area contributed by atoms with Crippen molar-refractivity contribution in [1.82, 2.24) is 0 Å². The van der Waals surface area contributed by atoms with Gasteiger partial charge in [0.25, 0.3) is 0 Å². The van der Waals surface area contributed by atoms with E-state index in [0.29, 0.717) is 0 Å². The monoisotopic (exact) mass is 449 g/mol. The van der Waals surface area contributed by atoms with Crippen molar-refractivity contribution in [2.75, 3.05) is 0 Å². The third kappa shape index (κ3) is 3.85. The Balaban J connectivity index is 1.73. The molecule has 0 fully saturated rings. The van der Waals surface area contributed by atoms with Crippen LogP contribution in [0.1, 0.15) is 50.8 Å². The molecule has 0 spiro atoms. The maximum Gasteiger partial charge on any atom is 0.116 e. The number of benzene rings is 4. The average molecular weight is 450 g/mol. The van der Waals surface area contributed by atoms with Crippen molar-refractivity contribution in [3.05, 3.63) is 126 Å². The molecule has 1 aliphatic rings. The second kappa shape index (κ2) is 8.27. The molecule has 0 saturated carbocycles. The van der Waals surface area contributed by atoms with Gasteiger partial charge in [0.15, 0.2) is 0 Å². The van der Waals surface area contributed by atoms with Crippen LogP contribution in [0.25, 0.3) is 0 Å². The molecule has 1 aliphatic carbocycles. The summed E-state index contributed by atoms with van der Waals surface area (Å²) in [4.78, 5) is 0. The molecule has 0 radical (unpaired) electrons. The van der Waals surface area contributed by atoms with Crippen molar-refractivity contribution in [3.8, 4) is 0 Å². The van der Waals surface area contributed by atoms with Gasteiger partial charge in [-0.1, -0.05) is 100 Å². The average Bonchev–Trinajstić information content (AvgIpc) is 3.02. The molecule has 166 valence electrons. The van der Waals surface area contributed by atoms with E-state index in [4.69, 9.17) is 0 Å². The van der Waals surface area contributed by atoms with Gasteiger partial charge in [0.05, 0.1) is 6.16 Å². The van der Waals surface area contributed by atoms with Crippen molar-refractivity contribution in [1.29, 1.82) is 0 Å². The molecule has 0 nitrogen and oxygen atoms in total. The predicted molar refractivity (Wildman–Crippen MR) is 146 cm³/mol. The van der Waals surface area contributed by atoms with Gasteiger partial charge in [-0.3, -0.25) is 0 Å². The Hall–Kier alpha value is -2.69. The zero-order chi connectivity index (χ0) is 23.1. The molecule has 0 saturated heterocycles. The highest BCUT2D eigenvalue weighted by molar-refractivity contribution is 7.95. The zero-order valence-electron chi connectivity index (χ0n) is 20.3. The summed E-state index contributed by atoms with van der Waals surface area (Å²) >= 11 is 0. The van der Waals surface area contributed by atoms with E-state index in [-0.39, 0.29) is 10.8 Å². The van der Waals surface area contributed by atoms with Crippen molar-refractivity contribution in [3.63, 3.8) is 0 Å². The van der Waals surface area contributed by atoms with Gasteiger partial charge in [0, 0.05) is 0 Å². The van der Waals surface area contributed by atoms with Gasteiger partial charge in [-0.25, -0.2) is 0 Å². The first kappa shape index (κ1) is 22.1. The summed E-state index contributed by atoms with van der Waals surface area (Å²) in [6.07, 6.45) is 2.24. The summed E-state index contributed by atoms with van der Waals surface area (Å²) < 4.78 is 0. The van der Waals surface area contributed by atoms with E-state index >= 15 is 0 Å². The first-order chi connectivity index (χ1) is 15.8. The number of fused-ring (bicyclic) bond motifs is 1. The van der Waals surface area contributed by atoms with Crippen LogP contribution in [0.15, 0.2) is 109 Å². The van der Waals surface area contributed by atoms with Gasteiger partial charge < -0.3 is 0 Å². The first-order valence-electron chi connectivity index (χ1n) is 12.0. The summed E-state index contributed by atoms with van der Waals surface area (Å²) in [7, 11) is -1.87. The van der Waals surface area contributed by atoms with Gasteiger partial charge in [-0.05, 0) is 70.3 Å². The summed E-state index contributed by atoms with van der Waals surface area (Å²) in [5.41, 5.74) is 4.96. The highest BCUT2D eigenvalue weighted by atomic mass is 31.2. The molecule has 0 aliphatic heterocycles. The van der Waals surface area contributed by atoms with E-state index in [1.807, 2.05) is 0 Å². The minimum atomic E-state index is -1.87. The SMILES string of the molecule is CC1(C)CC(C)(C)c2cc(C[P+](c3ccccc3)(c3ccccc3)c3ccccc3)ccc21. The lowest BCUT2D eigenvalue weighted by Crippen LogP contribution is -2.32. The summed E-state index contributed by atoms with van der Waals surface area (Å²) in [5.74, 6) is 0. The Bertz CT molecular complexity index is 1140. The largest absolute Gasteiger partial charge is 0.116 e. The molecule has 0 N–H and O–H groups in total. The van der Waals surface area contributed by atoms with Crippen molar-refractivity contribution in [2.24, 2.45) is 0 Å². The van der Waals surface area contributed by atoms with Gasteiger partial charge in [0.2, 0.25) is 0 Å². The van der Waals surface area contributed by atoms with E-state index in [9.17, 15) is 0 Å². The van der Waals surface area contributed by atoms with Crippen LogP contribution in [0, 0.1) is 0 Å². The smallest absolute Gasteiger partial charge is 0.0620 e. The second-order valence-corrected chi connectivity index (χ2v) is 14.3. The van der Waals surface area contributed by atoms with Crippen LogP contribution in [-0.2, 0) is 17.0 Å². The number of hydrogen-bond donors (Lipinski definition) is 0. The first-order valence-corrected chi connectivity index (χ1v) is 14.0. The van der Waals surface area contributed by atoms with E-state index in [0.717, 1.165) is 6.16 Å². The molecule has 0 bridgehead atoms. The molecule has 0 aromatic heterocycles. The van der Waals surface area contributed by atoms with Crippen LogP contribution >= 0.6 is 7.26 Å². The fourth-order valence-corrected chi connectivity index (χ4v) is 10.4. The van der Waals surface area contributed by atoms with Gasteiger partial charge in [-0.2, -0.15) is 0 Å². The molecule has 0 heterocycles. The van der Waals surface area contributed by atoms with Gasteiger partial charge >= 0.3 is 0 Å². The second-order valence-electron chi connectivity index (χ2n) is 10.8. The lowest BCUT2D eigenvalue weighted by molar-refractivity contribution is 0.403. The van der Waals surface area contributed by atoms with E-state index < -0.39 is 7.26 Å². The maximum atomic E-state index is 2.54. The zero-order valence-corrected chi connectivity index (χ0v) is 21.1. The van der Waals surface area contributed by atoms with Crippen LogP contribution < -0.4 is 15.9 Å². The molecule has 0 amide bonds. The lowest BCUT2D eigenvalue weighted by Gasteiger charge is -2.28. The van der Waals surface area contributed by atoms with Crippen LogP contribution in [0.5, 0.6) is 0 Å². The molecule has 4 aromatic rings.